The Morgan fingerprint density at radius 3 is 2.24 bits per heavy atom. The number of hydrogen-bond acceptors (Lipinski definition) is 6. The van der Waals surface area contributed by atoms with Crippen molar-refractivity contribution in [1.29, 1.82) is 0 Å². The van der Waals surface area contributed by atoms with Gasteiger partial charge in [0, 0.05) is 25.2 Å². The van der Waals surface area contributed by atoms with Gasteiger partial charge in [-0.15, -0.1) is 0 Å². The van der Waals surface area contributed by atoms with Crippen LogP contribution in [0.2, 0.25) is 0 Å². The van der Waals surface area contributed by atoms with Crippen molar-refractivity contribution in [3.8, 4) is 22.6 Å². The second-order valence-electron chi connectivity index (χ2n) is 9.60. The van der Waals surface area contributed by atoms with Gasteiger partial charge in [0.05, 0.1) is 4.90 Å². The lowest BCUT2D eigenvalue weighted by Crippen LogP contribution is -2.52. The van der Waals surface area contributed by atoms with E-state index in [4.69, 9.17) is 9.47 Å². The number of nitrogens with zero attached hydrogens (tertiary/aromatic N) is 1. The van der Waals surface area contributed by atoms with Gasteiger partial charge in [0.2, 0.25) is 12.7 Å². The van der Waals surface area contributed by atoms with Crippen molar-refractivity contribution < 1.29 is 27.5 Å². The zero-order chi connectivity index (χ0) is 29.0. The minimum absolute atomic E-state index is 0.0213. The Balaban J connectivity index is 1.38. The summed E-state index contributed by atoms with van der Waals surface area (Å²) in [6.07, 6.45) is 0.126. The average molecular weight is 572 g/mol. The summed E-state index contributed by atoms with van der Waals surface area (Å²) < 4.78 is 38.7. The maximum Gasteiger partial charge on any atom is 0.329 e. The van der Waals surface area contributed by atoms with Crippen molar-refractivity contribution in [1.82, 2.24) is 10.0 Å². The predicted molar refractivity (Wildman–Crippen MR) is 155 cm³/mol. The van der Waals surface area contributed by atoms with Crippen LogP contribution in [0, 0.1) is 6.92 Å². The summed E-state index contributed by atoms with van der Waals surface area (Å²) >= 11 is 0. The molecule has 1 atom stereocenters. The van der Waals surface area contributed by atoms with Gasteiger partial charge in [0.1, 0.15) is 6.04 Å². The Labute approximate surface area is 238 Å². The monoisotopic (exact) mass is 571 g/mol. The molecule has 0 fully saturated rings. The SMILES string of the molecule is Cc1ccccc1S(=O)(=O)NC(=O)NC(Cc1ccc(-c2ccccc2)cc1)C(=O)N(C)c1ccc2c(c1)OCO2. The molecule has 5 rings (SSSR count). The van der Waals surface area contributed by atoms with Crippen LogP contribution in [0.15, 0.2) is 102 Å². The van der Waals surface area contributed by atoms with Crippen LogP contribution in [-0.2, 0) is 21.2 Å². The number of carbonyl (C=O) groups excluding carboxylic acids is 2. The lowest BCUT2D eigenvalue weighted by Gasteiger charge is -2.25. The number of carbonyl (C=O) groups is 2. The number of hydrogen-bond donors (Lipinski definition) is 2. The number of amides is 3. The molecule has 10 heteroatoms. The molecule has 1 aliphatic heterocycles. The standard InChI is InChI=1S/C31H29N3O6S/c1-21-8-6-7-11-29(21)41(37,38)33-31(36)32-26(18-22-12-14-24(15-13-22)23-9-4-3-5-10-23)30(35)34(2)25-16-17-27-28(19-25)40-20-39-27/h3-17,19,26H,18,20H2,1-2H3,(H2,32,33,36). The van der Waals surface area contributed by atoms with Crippen LogP contribution in [0.4, 0.5) is 10.5 Å². The number of anilines is 1. The molecule has 0 aliphatic carbocycles. The van der Waals surface area contributed by atoms with E-state index < -0.39 is 28.0 Å². The first-order valence-corrected chi connectivity index (χ1v) is 14.4. The van der Waals surface area contributed by atoms with Crippen molar-refractivity contribution in [2.75, 3.05) is 18.7 Å². The summed E-state index contributed by atoms with van der Waals surface area (Å²) in [5, 5.41) is 2.58. The van der Waals surface area contributed by atoms with E-state index in [1.807, 2.05) is 59.3 Å². The molecule has 3 amide bonds. The van der Waals surface area contributed by atoms with E-state index in [2.05, 4.69) is 5.32 Å². The van der Waals surface area contributed by atoms with Crippen LogP contribution in [0.25, 0.3) is 11.1 Å². The third-order valence-corrected chi connectivity index (χ3v) is 8.28. The highest BCUT2D eigenvalue weighted by Crippen LogP contribution is 2.35. The minimum Gasteiger partial charge on any atom is -0.454 e. The Bertz CT molecular complexity index is 1670. The molecule has 4 aromatic rings. The van der Waals surface area contributed by atoms with Gasteiger partial charge in [-0.05, 0) is 47.4 Å². The number of ether oxygens (including phenoxy) is 2. The molecule has 210 valence electrons. The highest BCUT2D eigenvalue weighted by Gasteiger charge is 2.28. The Kier molecular flexibility index (Phi) is 7.93. The Morgan fingerprint density at radius 1 is 0.854 bits per heavy atom. The fourth-order valence-electron chi connectivity index (χ4n) is 4.58. The van der Waals surface area contributed by atoms with Gasteiger partial charge in [-0.2, -0.15) is 0 Å². The van der Waals surface area contributed by atoms with Crippen molar-refractivity contribution in [3.05, 3.63) is 108 Å². The molecule has 1 unspecified atom stereocenters. The number of urea groups is 1. The first-order valence-electron chi connectivity index (χ1n) is 12.9. The number of aryl methyl sites for hydroxylation is 1. The van der Waals surface area contributed by atoms with Crippen molar-refractivity contribution in [3.63, 3.8) is 0 Å². The maximum atomic E-state index is 13.7. The molecule has 0 bridgehead atoms. The summed E-state index contributed by atoms with van der Waals surface area (Å²) in [6.45, 7) is 1.73. The Morgan fingerprint density at radius 2 is 1.51 bits per heavy atom. The smallest absolute Gasteiger partial charge is 0.329 e. The van der Waals surface area contributed by atoms with E-state index >= 15 is 0 Å². The van der Waals surface area contributed by atoms with E-state index in [1.54, 1.807) is 50.4 Å². The quantitative estimate of drug-likeness (QED) is 0.318. The third kappa shape index (κ3) is 6.33. The van der Waals surface area contributed by atoms with Crippen LogP contribution in [0.1, 0.15) is 11.1 Å². The average Bonchev–Trinajstić information content (AvgIpc) is 3.45. The highest BCUT2D eigenvalue weighted by molar-refractivity contribution is 7.90. The normalized spacial score (nSPS) is 12.8. The molecule has 0 aromatic heterocycles. The van der Waals surface area contributed by atoms with E-state index in [-0.39, 0.29) is 18.1 Å². The molecule has 0 spiro atoms. The van der Waals surface area contributed by atoms with Crippen LogP contribution in [0.5, 0.6) is 11.5 Å². The molecular weight excluding hydrogens is 542 g/mol. The first kappa shape index (κ1) is 27.7. The lowest BCUT2D eigenvalue weighted by atomic mass is 10.00. The summed E-state index contributed by atoms with van der Waals surface area (Å²) in [5.74, 6) is 0.633. The molecular formula is C31H29N3O6S. The second kappa shape index (κ2) is 11.7. The number of likely N-dealkylation sites (N-methyl/N-ethyl adjacent to an activating group) is 1. The fourth-order valence-corrected chi connectivity index (χ4v) is 5.74. The first-order chi connectivity index (χ1) is 19.7. The predicted octanol–water partition coefficient (Wildman–Crippen LogP) is 4.65. The van der Waals surface area contributed by atoms with Gasteiger partial charge >= 0.3 is 6.03 Å². The zero-order valence-electron chi connectivity index (χ0n) is 22.5. The second-order valence-corrected chi connectivity index (χ2v) is 11.2. The molecule has 9 nitrogen and oxygen atoms in total. The number of rotatable bonds is 8. The molecule has 41 heavy (non-hydrogen) atoms. The van der Waals surface area contributed by atoms with Crippen LogP contribution in [0.3, 0.4) is 0 Å². The zero-order valence-corrected chi connectivity index (χ0v) is 23.4. The van der Waals surface area contributed by atoms with Gasteiger partial charge < -0.3 is 19.7 Å². The van der Waals surface area contributed by atoms with E-state index in [9.17, 15) is 18.0 Å². The molecule has 4 aromatic carbocycles. The molecule has 2 N–H and O–H groups in total. The van der Waals surface area contributed by atoms with Crippen molar-refractivity contribution >= 4 is 27.6 Å². The fraction of sp³-hybridized carbons (Fsp3) is 0.161. The number of benzene rings is 4. The van der Waals surface area contributed by atoms with Gasteiger partial charge in [-0.1, -0.05) is 72.8 Å². The van der Waals surface area contributed by atoms with E-state index in [0.717, 1.165) is 16.7 Å². The van der Waals surface area contributed by atoms with Crippen LogP contribution in [-0.4, -0.2) is 40.2 Å². The highest BCUT2D eigenvalue weighted by atomic mass is 32.2. The summed E-state index contributed by atoms with van der Waals surface area (Å²) in [7, 11) is -2.59. The van der Waals surface area contributed by atoms with Crippen LogP contribution < -0.4 is 24.4 Å². The molecule has 0 saturated heterocycles. The van der Waals surface area contributed by atoms with E-state index in [1.165, 1.54) is 11.0 Å². The van der Waals surface area contributed by atoms with Gasteiger partial charge in [0.15, 0.2) is 11.5 Å². The summed E-state index contributed by atoms with van der Waals surface area (Å²) in [4.78, 5) is 28.1. The molecule has 1 heterocycles. The van der Waals surface area contributed by atoms with E-state index in [0.29, 0.717) is 22.7 Å². The molecule has 0 saturated carbocycles. The van der Waals surface area contributed by atoms with Gasteiger partial charge in [-0.25, -0.2) is 17.9 Å². The third-order valence-electron chi connectivity index (χ3n) is 6.79. The van der Waals surface area contributed by atoms with Crippen molar-refractivity contribution in [2.24, 2.45) is 0 Å². The summed E-state index contributed by atoms with van der Waals surface area (Å²) in [5.41, 5.74) is 3.85. The van der Waals surface area contributed by atoms with Crippen molar-refractivity contribution in [2.45, 2.75) is 24.3 Å². The van der Waals surface area contributed by atoms with Gasteiger partial charge in [0.25, 0.3) is 10.0 Å². The minimum atomic E-state index is -4.17. The topological polar surface area (TPSA) is 114 Å². The number of fused-ring (bicyclic) bond motifs is 1. The largest absolute Gasteiger partial charge is 0.454 e. The Hall–Kier alpha value is -4.83. The number of sulfonamides is 1. The summed E-state index contributed by atoms with van der Waals surface area (Å²) in [6, 6.07) is 26.8. The lowest BCUT2D eigenvalue weighted by molar-refractivity contribution is -0.120. The van der Waals surface area contributed by atoms with Crippen LogP contribution >= 0.6 is 0 Å². The maximum absolute atomic E-state index is 13.7. The van der Waals surface area contributed by atoms with Gasteiger partial charge in [-0.3, -0.25) is 4.79 Å². The molecule has 1 aliphatic rings. The molecule has 0 radical (unpaired) electrons. The number of nitrogens with one attached hydrogen (secondary N) is 2.